The fraction of sp³-hybridized carbons (Fsp3) is 0.0667. The minimum atomic E-state index is -0.608. The molecule has 0 aliphatic heterocycles. The Bertz CT molecular complexity index is 957. The third kappa shape index (κ3) is 3.07. The van der Waals surface area contributed by atoms with Gasteiger partial charge in [0.05, 0.1) is 21.8 Å². The van der Waals surface area contributed by atoms with E-state index in [-0.39, 0.29) is 0 Å². The monoisotopic (exact) mass is 448 g/mol. The van der Waals surface area contributed by atoms with Crippen molar-refractivity contribution in [2.24, 2.45) is 0 Å². The van der Waals surface area contributed by atoms with Crippen LogP contribution in [0.2, 0.25) is 0 Å². The van der Waals surface area contributed by atoms with Crippen LogP contribution in [0.5, 0.6) is 0 Å². The standard InChI is InChI=1S/C8H6F2N2.C7H3F2IN2/c1-4-8-6(10)2-5(9)3-7(8)12-11-4;8-3-1-4(9)6-5(2-3)11-12-7(6)10/h2-3H,1H3,(H,11,12);1-2H,(H,11,12). The van der Waals surface area contributed by atoms with Gasteiger partial charge in [0.25, 0.3) is 0 Å². The summed E-state index contributed by atoms with van der Waals surface area (Å²) in [6.07, 6.45) is 0. The minimum absolute atomic E-state index is 0.317. The number of aromatic nitrogens is 4. The van der Waals surface area contributed by atoms with Crippen LogP contribution in [0.4, 0.5) is 17.6 Å². The predicted octanol–water partition coefficient (Wildman–Crippen LogP) is 4.60. The molecule has 2 aromatic carbocycles. The lowest BCUT2D eigenvalue weighted by molar-refractivity contribution is 0.591. The first kappa shape index (κ1) is 16.7. The Balaban J connectivity index is 0.000000141. The van der Waals surface area contributed by atoms with Gasteiger partial charge in [-0.25, -0.2) is 17.6 Å². The van der Waals surface area contributed by atoms with E-state index in [1.807, 2.05) is 22.6 Å². The summed E-state index contributed by atoms with van der Waals surface area (Å²) in [7, 11) is 0. The van der Waals surface area contributed by atoms with Crippen LogP contribution in [0.15, 0.2) is 24.3 Å². The van der Waals surface area contributed by atoms with Crippen LogP contribution in [-0.4, -0.2) is 20.4 Å². The number of nitrogens with one attached hydrogen (secondary N) is 2. The maximum Gasteiger partial charge on any atom is 0.138 e. The SMILES string of the molecule is Cc1[nH]nc2cc(F)cc(F)c12.Fc1cc(F)c2c(I)[nH]nc2c1. The number of aryl methyl sites for hydroxylation is 1. The molecule has 0 radical (unpaired) electrons. The molecule has 0 spiro atoms. The van der Waals surface area contributed by atoms with Crippen molar-refractivity contribution in [3.63, 3.8) is 0 Å². The summed E-state index contributed by atoms with van der Waals surface area (Å²) < 4.78 is 51.9. The Morgan fingerprint density at radius 3 is 1.92 bits per heavy atom. The highest BCUT2D eigenvalue weighted by molar-refractivity contribution is 14.1. The Morgan fingerprint density at radius 2 is 1.29 bits per heavy atom. The second-order valence-corrected chi connectivity index (χ2v) is 6.03. The summed E-state index contributed by atoms with van der Waals surface area (Å²) in [5.41, 5.74) is 1.25. The predicted molar refractivity (Wildman–Crippen MR) is 89.5 cm³/mol. The minimum Gasteiger partial charge on any atom is -0.282 e. The number of halogens is 5. The second kappa shape index (κ2) is 6.38. The van der Waals surface area contributed by atoms with Crippen LogP contribution < -0.4 is 0 Å². The fourth-order valence-corrected chi connectivity index (χ4v) is 2.90. The van der Waals surface area contributed by atoms with Gasteiger partial charge in [-0.15, -0.1) is 0 Å². The maximum absolute atomic E-state index is 13.0. The highest BCUT2D eigenvalue weighted by Crippen LogP contribution is 2.22. The molecule has 0 aliphatic carbocycles. The molecule has 2 N–H and O–H groups in total. The molecule has 0 atom stereocenters. The summed E-state index contributed by atoms with van der Waals surface area (Å²) in [5, 5.41) is 13.3. The molecular weight excluding hydrogens is 439 g/mol. The summed E-state index contributed by atoms with van der Waals surface area (Å²) in [6, 6.07) is 4.09. The summed E-state index contributed by atoms with van der Waals surface area (Å²) in [4.78, 5) is 0. The summed E-state index contributed by atoms with van der Waals surface area (Å²) in [6.45, 7) is 1.69. The van der Waals surface area contributed by atoms with E-state index in [1.165, 1.54) is 12.1 Å². The highest BCUT2D eigenvalue weighted by atomic mass is 127. The third-order valence-corrected chi connectivity index (χ3v) is 4.06. The number of benzene rings is 2. The van der Waals surface area contributed by atoms with Gasteiger partial charge < -0.3 is 0 Å². The fourth-order valence-electron chi connectivity index (χ4n) is 2.25. The average Bonchev–Trinajstić information content (AvgIpc) is 3.03. The van der Waals surface area contributed by atoms with Crippen LogP contribution in [0.1, 0.15) is 5.69 Å². The number of fused-ring (bicyclic) bond motifs is 2. The van der Waals surface area contributed by atoms with Gasteiger partial charge in [-0.1, -0.05) is 0 Å². The quantitative estimate of drug-likeness (QED) is 0.306. The molecule has 0 fully saturated rings. The van der Waals surface area contributed by atoms with Crippen molar-refractivity contribution in [1.29, 1.82) is 0 Å². The number of aromatic amines is 2. The molecule has 2 heterocycles. The topological polar surface area (TPSA) is 57.4 Å². The average molecular weight is 448 g/mol. The van der Waals surface area contributed by atoms with Gasteiger partial charge in [0.15, 0.2) is 0 Å². The zero-order valence-corrected chi connectivity index (χ0v) is 14.3. The molecule has 0 amide bonds. The molecule has 2 aromatic heterocycles. The zero-order chi connectivity index (χ0) is 17.4. The Hall–Kier alpha value is -2.17. The molecule has 0 aliphatic rings. The first-order valence-corrected chi connectivity index (χ1v) is 7.73. The lowest BCUT2D eigenvalue weighted by Crippen LogP contribution is -1.81. The summed E-state index contributed by atoms with van der Waals surface area (Å²) >= 11 is 1.91. The number of hydrogen-bond acceptors (Lipinski definition) is 2. The van der Waals surface area contributed by atoms with Crippen LogP contribution in [0, 0.1) is 33.9 Å². The number of nitrogens with zero attached hydrogens (tertiary/aromatic N) is 2. The van der Waals surface area contributed by atoms with E-state index in [2.05, 4.69) is 20.4 Å². The van der Waals surface area contributed by atoms with Crippen LogP contribution in [0.25, 0.3) is 21.8 Å². The van der Waals surface area contributed by atoms with E-state index >= 15 is 0 Å². The van der Waals surface area contributed by atoms with Crippen LogP contribution in [-0.2, 0) is 0 Å². The molecule has 0 saturated carbocycles. The first-order chi connectivity index (χ1) is 11.4. The molecule has 0 unspecified atom stereocenters. The van der Waals surface area contributed by atoms with E-state index < -0.39 is 23.3 Å². The van der Waals surface area contributed by atoms with Crippen molar-refractivity contribution >= 4 is 44.4 Å². The van der Waals surface area contributed by atoms with Crippen molar-refractivity contribution in [1.82, 2.24) is 20.4 Å². The highest BCUT2D eigenvalue weighted by Gasteiger charge is 2.10. The lowest BCUT2D eigenvalue weighted by Gasteiger charge is -1.92. The Morgan fingerprint density at radius 1 is 0.792 bits per heavy atom. The van der Waals surface area contributed by atoms with Gasteiger partial charge >= 0.3 is 0 Å². The lowest BCUT2D eigenvalue weighted by atomic mass is 10.2. The van der Waals surface area contributed by atoms with Crippen molar-refractivity contribution in [3.05, 3.63) is 56.9 Å². The van der Waals surface area contributed by atoms with E-state index in [0.717, 1.165) is 12.1 Å². The molecular formula is C15H9F4IN4. The van der Waals surface area contributed by atoms with Gasteiger partial charge in [0.2, 0.25) is 0 Å². The summed E-state index contributed by atoms with van der Waals surface area (Å²) in [5.74, 6) is -2.37. The molecule has 4 rings (SSSR count). The third-order valence-electron chi connectivity index (χ3n) is 3.28. The largest absolute Gasteiger partial charge is 0.282 e. The van der Waals surface area contributed by atoms with Gasteiger partial charge in [-0.3, -0.25) is 10.2 Å². The van der Waals surface area contributed by atoms with Crippen molar-refractivity contribution in [2.45, 2.75) is 6.92 Å². The van der Waals surface area contributed by atoms with E-state index in [0.29, 0.717) is 31.2 Å². The molecule has 4 nitrogen and oxygen atoms in total. The number of H-pyrrole nitrogens is 2. The molecule has 0 bridgehead atoms. The number of hydrogen-bond donors (Lipinski definition) is 2. The Kier molecular flexibility index (Phi) is 4.43. The Labute approximate surface area is 146 Å². The molecule has 124 valence electrons. The van der Waals surface area contributed by atoms with Gasteiger partial charge in [0.1, 0.15) is 27.0 Å². The smallest absolute Gasteiger partial charge is 0.138 e. The van der Waals surface area contributed by atoms with Gasteiger partial charge in [-0.2, -0.15) is 10.2 Å². The van der Waals surface area contributed by atoms with Crippen LogP contribution >= 0.6 is 22.6 Å². The van der Waals surface area contributed by atoms with Crippen molar-refractivity contribution < 1.29 is 17.6 Å². The molecule has 9 heteroatoms. The van der Waals surface area contributed by atoms with Crippen molar-refractivity contribution in [2.75, 3.05) is 0 Å². The molecule has 24 heavy (non-hydrogen) atoms. The normalized spacial score (nSPS) is 10.9. The molecule has 4 aromatic rings. The van der Waals surface area contributed by atoms with E-state index in [1.54, 1.807) is 6.92 Å². The molecule has 0 saturated heterocycles. The first-order valence-electron chi connectivity index (χ1n) is 6.65. The second-order valence-electron chi connectivity index (χ2n) is 4.95. The zero-order valence-electron chi connectivity index (χ0n) is 12.1. The van der Waals surface area contributed by atoms with E-state index in [4.69, 9.17) is 0 Å². The van der Waals surface area contributed by atoms with Gasteiger partial charge in [0, 0.05) is 30.0 Å². The van der Waals surface area contributed by atoms with Gasteiger partial charge in [-0.05, 0) is 29.5 Å². The number of rotatable bonds is 0. The van der Waals surface area contributed by atoms with E-state index in [9.17, 15) is 17.6 Å². The van der Waals surface area contributed by atoms with Crippen molar-refractivity contribution in [3.8, 4) is 0 Å². The van der Waals surface area contributed by atoms with Crippen LogP contribution in [0.3, 0.4) is 0 Å². The maximum atomic E-state index is 13.0.